The number of likely N-dealkylation sites (N-methyl/N-ethyl adjacent to an activating group) is 1. The van der Waals surface area contributed by atoms with E-state index in [2.05, 4.69) is 48.3 Å². The van der Waals surface area contributed by atoms with Crippen LogP contribution < -0.4 is 10.2 Å². The summed E-state index contributed by atoms with van der Waals surface area (Å²) in [6.45, 7) is 7.46. The zero-order chi connectivity index (χ0) is 17.5. The topological polar surface area (TPSA) is 55.8 Å². The molecule has 0 aliphatic carbocycles. The third-order valence-corrected chi connectivity index (χ3v) is 4.94. The maximum atomic E-state index is 11.9. The van der Waals surface area contributed by atoms with Gasteiger partial charge in [-0.1, -0.05) is 12.1 Å². The number of rotatable bonds is 7. The molecule has 1 amide bonds. The van der Waals surface area contributed by atoms with Crippen LogP contribution in [0.2, 0.25) is 0 Å². The third kappa shape index (κ3) is 5.49. The predicted octanol–water partition coefficient (Wildman–Crippen LogP) is 1.85. The van der Waals surface area contributed by atoms with Crippen LogP contribution in [0.25, 0.3) is 0 Å². The number of amides is 1. The van der Waals surface area contributed by atoms with Crippen LogP contribution in [-0.2, 0) is 11.3 Å². The number of benzene rings is 1. The molecule has 134 valence electrons. The third-order valence-electron chi connectivity index (χ3n) is 4.94. The first-order chi connectivity index (χ1) is 11.5. The molecule has 1 aliphatic heterocycles. The summed E-state index contributed by atoms with van der Waals surface area (Å²) in [6, 6.07) is 8.78. The maximum absolute atomic E-state index is 11.9. The number of aliphatic hydroxyl groups excluding tert-OH is 1. The van der Waals surface area contributed by atoms with E-state index in [1.807, 2.05) is 11.9 Å². The van der Waals surface area contributed by atoms with Crippen molar-refractivity contribution in [2.45, 2.75) is 39.3 Å². The Kier molecular flexibility index (Phi) is 7.06. The zero-order valence-corrected chi connectivity index (χ0v) is 15.2. The van der Waals surface area contributed by atoms with Crippen molar-refractivity contribution < 1.29 is 9.90 Å². The lowest BCUT2D eigenvalue weighted by atomic mass is 9.97. The van der Waals surface area contributed by atoms with E-state index in [1.54, 1.807) is 0 Å². The van der Waals surface area contributed by atoms with Gasteiger partial charge in [0, 0.05) is 38.0 Å². The number of carbonyl (C=O) groups excluding carboxylic acids is 1. The second-order valence-corrected chi connectivity index (χ2v) is 7.07. The van der Waals surface area contributed by atoms with Gasteiger partial charge >= 0.3 is 0 Å². The van der Waals surface area contributed by atoms with E-state index < -0.39 is 0 Å². The molecule has 0 spiro atoms. The maximum Gasteiger partial charge on any atom is 0.234 e. The number of carbonyl (C=O) groups is 1. The predicted molar refractivity (Wildman–Crippen MR) is 98.1 cm³/mol. The fraction of sp³-hybridized carbons (Fsp3) is 0.632. The van der Waals surface area contributed by atoms with Crippen molar-refractivity contribution in [3.05, 3.63) is 29.8 Å². The Balaban J connectivity index is 1.79. The summed E-state index contributed by atoms with van der Waals surface area (Å²) in [5.74, 6) is 0.515. The van der Waals surface area contributed by atoms with Gasteiger partial charge in [-0.2, -0.15) is 0 Å². The summed E-state index contributed by atoms with van der Waals surface area (Å²) in [5.41, 5.74) is 2.34. The van der Waals surface area contributed by atoms with Crippen molar-refractivity contribution in [1.82, 2.24) is 10.2 Å². The molecule has 0 radical (unpaired) electrons. The lowest BCUT2D eigenvalue weighted by Crippen LogP contribution is -2.38. The quantitative estimate of drug-likeness (QED) is 0.800. The van der Waals surface area contributed by atoms with Crippen molar-refractivity contribution in [2.24, 2.45) is 5.92 Å². The molecule has 0 atom stereocenters. The number of anilines is 1. The smallest absolute Gasteiger partial charge is 0.234 e. The molecular weight excluding hydrogens is 302 g/mol. The molecule has 1 aromatic carbocycles. The average Bonchev–Trinajstić information content (AvgIpc) is 2.60. The number of piperidine rings is 1. The molecule has 1 aliphatic rings. The minimum atomic E-state index is 0.0568. The van der Waals surface area contributed by atoms with Crippen molar-refractivity contribution in [3.8, 4) is 0 Å². The first-order valence-electron chi connectivity index (χ1n) is 8.91. The summed E-state index contributed by atoms with van der Waals surface area (Å²) in [5, 5.41) is 12.2. The van der Waals surface area contributed by atoms with E-state index in [-0.39, 0.29) is 5.91 Å². The summed E-state index contributed by atoms with van der Waals surface area (Å²) in [4.78, 5) is 16.3. The fourth-order valence-corrected chi connectivity index (χ4v) is 2.86. The summed E-state index contributed by atoms with van der Waals surface area (Å²) in [6.07, 6.45) is 2.11. The number of hydrogen-bond donors (Lipinski definition) is 2. The van der Waals surface area contributed by atoms with Gasteiger partial charge in [0.05, 0.1) is 6.54 Å². The van der Waals surface area contributed by atoms with Crippen LogP contribution in [0.1, 0.15) is 32.3 Å². The second kappa shape index (κ2) is 9.04. The lowest BCUT2D eigenvalue weighted by molar-refractivity contribution is -0.122. The lowest BCUT2D eigenvalue weighted by Gasteiger charge is -2.33. The molecule has 1 saturated heterocycles. The molecule has 2 N–H and O–H groups in total. The van der Waals surface area contributed by atoms with E-state index >= 15 is 0 Å². The molecule has 0 bridgehead atoms. The molecule has 24 heavy (non-hydrogen) atoms. The molecular formula is C19H31N3O2. The van der Waals surface area contributed by atoms with Gasteiger partial charge in [0.25, 0.3) is 0 Å². The van der Waals surface area contributed by atoms with Crippen molar-refractivity contribution in [2.75, 3.05) is 38.2 Å². The molecule has 0 unspecified atom stereocenters. The van der Waals surface area contributed by atoms with Crippen LogP contribution in [0.4, 0.5) is 5.69 Å². The van der Waals surface area contributed by atoms with Gasteiger partial charge in [-0.05, 0) is 57.4 Å². The van der Waals surface area contributed by atoms with Crippen molar-refractivity contribution in [1.29, 1.82) is 0 Å². The van der Waals surface area contributed by atoms with Crippen molar-refractivity contribution in [3.63, 3.8) is 0 Å². The van der Waals surface area contributed by atoms with E-state index in [4.69, 9.17) is 0 Å². The van der Waals surface area contributed by atoms with Crippen LogP contribution in [-0.4, -0.2) is 55.2 Å². The number of aliphatic hydroxyl groups is 1. The zero-order valence-electron chi connectivity index (χ0n) is 15.2. The summed E-state index contributed by atoms with van der Waals surface area (Å²) >= 11 is 0. The fourth-order valence-electron chi connectivity index (χ4n) is 2.86. The largest absolute Gasteiger partial charge is 0.396 e. The Bertz CT molecular complexity index is 508. The van der Waals surface area contributed by atoms with Crippen LogP contribution in [0.3, 0.4) is 0 Å². The Morgan fingerprint density at radius 2 is 1.92 bits per heavy atom. The minimum absolute atomic E-state index is 0.0568. The van der Waals surface area contributed by atoms with E-state index in [9.17, 15) is 9.90 Å². The molecule has 1 fully saturated rings. The molecule has 1 aromatic rings. The molecule has 1 heterocycles. The van der Waals surface area contributed by atoms with E-state index in [0.717, 1.165) is 31.5 Å². The molecule has 0 saturated carbocycles. The summed E-state index contributed by atoms with van der Waals surface area (Å²) in [7, 11) is 1.96. The molecule has 5 nitrogen and oxygen atoms in total. The van der Waals surface area contributed by atoms with E-state index in [0.29, 0.717) is 31.7 Å². The van der Waals surface area contributed by atoms with Gasteiger partial charge in [-0.25, -0.2) is 0 Å². The van der Waals surface area contributed by atoms with Gasteiger partial charge in [-0.15, -0.1) is 0 Å². The Morgan fingerprint density at radius 1 is 1.29 bits per heavy atom. The highest BCUT2D eigenvalue weighted by atomic mass is 16.3. The highest BCUT2D eigenvalue weighted by molar-refractivity contribution is 5.78. The number of nitrogens with one attached hydrogen (secondary N) is 1. The highest BCUT2D eigenvalue weighted by Crippen LogP contribution is 2.23. The van der Waals surface area contributed by atoms with E-state index in [1.165, 1.54) is 5.69 Å². The monoisotopic (exact) mass is 333 g/mol. The van der Waals surface area contributed by atoms with Gasteiger partial charge in [0.15, 0.2) is 0 Å². The highest BCUT2D eigenvalue weighted by Gasteiger charge is 2.18. The SMILES string of the molecule is CC(C)N(C)CC(=O)NCc1ccc(N2CCC(CO)CC2)cc1. The normalized spacial score (nSPS) is 16.0. The Hall–Kier alpha value is -1.59. The number of hydrogen-bond acceptors (Lipinski definition) is 4. The van der Waals surface area contributed by atoms with Crippen LogP contribution in [0.15, 0.2) is 24.3 Å². The average molecular weight is 333 g/mol. The number of nitrogens with zero attached hydrogens (tertiary/aromatic N) is 2. The van der Waals surface area contributed by atoms with Gasteiger partial charge < -0.3 is 15.3 Å². The van der Waals surface area contributed by atoms with Gasteiger partial charge in [0.2, 0.25) is 5.91 Å². The first-order valence-corrected chi connectivity index (χ1v) is 8.91. The molecule has 0 aromatic heterocycles. The standard InChI is InChI=1S/C19H31N3O2/c1-15(2)21(3)13-19(24)20-12-16-4-6-18(7-5-16)22-10-8-17(14-23)9-11-22/h4-7,15,17,23H,8-14H2,1-3H3,(H,20,24). The second-order valence-electron chi connectivity index (χ2n) is 7.07. The van der Waals surface area contributed by atoms with Crippen LogP contribution in [0.5, 0.6) is 0 Å². The minimum Gasteiger partial charge on any atom is -0.396 e. The molecule has 2 rings (SSSR count). The summed E-state index contributed by atoms with van der Waals surface area (Å²) < 4.78 is 0. The Labute approximate surface area is 145 Å². The van der Waals surface area contributed by atoms with Gasteiger partial charge in [-0.3, -0.25) is 9.69 Å². The first kappa shape index (κ1) is 18.7. The molecule has 5 heteroatoms. The van der Waals surface area contributed by atoms with Gasteiger partial charge in [0.1, 0.15) is 0 Å². The Morgan fingerprint density at radius 3 is 2.46 bits per heavy atom. The van der Waals surface area contributed by atoms with Crippen LogP contribution >= 0.6 is 0 Å². The van der Waals surface area contributed by atoms with Crippen LogP contribution in [0, 0.1) is 5.92 Å². The van der Waals surface area contributed by atoms with Crippen molar-refractivity contribution >= 4 is 11.6 Å².